The normalized spacial score (nSPS) is 13.3. The average Bonchev–Trinajstić information content (AvgIpc) is 3.22. The minimum Gasteiger partial charge on any atom is -0.497 e. The smallest absolute Gasteiger partial charge is 0.228 e. The van der Waals surface area contributed by atoms with Crippen LogP contribution in [-0.4, -0.2) is 36.7 Å². The van der Waals surface area contributed by atoms with Crippen LogP contribution in [0.2, 0.25) is 19.6 Å². The number of ether oxygens (including phenoxy) is 1. The molecule has 0 fully saturated rings. The van der Waals surface area contributed by atoms with Gasteiger partial charge in [-0.05, 0) is 30.2 Å². The second-order valence-electron chi connectivity index (χ2n) is 9.47. The standard InChI is InChI=1S/C26H33N3O3Si/c1-18(21-16-27-29(2)17-21)26(31)28-25(20-9-11-22(32-3)12-10-20)24(30)15-19-7-13-23(14-8-19)33(4,5)6/h7-14,16-18,25H,15H2,1-6H3,(H,28,31). The molecule has 0 saturated carbocycles. The summed E-state index contributed by atoms with van der Waals surface area (Å²) in [6, 6.07) is 14.8. The van der Waals surface area contributed by atoms with Crippen LogP contribution in [0.3, 0.4) is 0 Å². The van der Waals surface area contributed by atoms with E-state index in [1.165, 1.54) is 5.19 Å². The van der Waals surface area contributed by atoms with Gasteiger partial charge in [0.2, 0.25) is 5.91 Å². The number of hydrogen-bond donors (Lipinski definition) is 1. The maximum absolute atomic E-state index is 13.4. The van der Waals surface area contributed by atoms with Crippen LogP contribution in [0.25, 0.3) is 0 Å². The van der Waals surface area contributed by atoms with Crippen molar-refractivity contribution in [3.05, 3.63) is 77.6 Å². The van der Waals surface area contributed by atoms with Crippen LogP contribution >= 0.6 is 0 Å². The van der Waals surface area contributed by atoms with Crippen molar-refractivity contribution in [2.45, 2.75) is 44.9 Å². The lowest BCUT2D eigenvalue weighted by Gasteiger charge is -2.21. The Morgan fingerprint density at radius 2 is 1.67 bits per heavy atom. The van der Waals surface area contributed by atoms with Gasteiger partial charge in [0.1, 0.15) is 11.8 Å². The second-order valence-corrected chi connectivity index (χ2v) is 14.6. The summed E-state index contributed by atoms with van der Waals surface area (Å²) in [7, 11) is 2.00. The molecule has 1 N–H and O–H groups in total. The minimum absolute atomic E-state index is 0.0624. The fourth-order valence-corrected chi connectivity index (χ4v) is 4.82. The van der Waals surface area contributed by atoms with Crippen molar-refractivity contribution in [1.29, 1.82) is 0 Å². The second kappa shape index (κ2) is 10.2. The Labute approximate surface area is 197 Å². The Bertz CT molecular complexity index is 1100. The summed E-state index contributed by atoms with van der Waals surface area (Å²) < 4.78 is 6.91. The zero-order chi connectivity index (χ0) is 24.2. The molecule has 0 aliphatic heterocycles. The Morgan fingerprint density at radius 1 is 1.03 bits per heavy atom. The molecule has 1 amide bonds. The zero-order valence-corrected chi connectivity index (χ0v) is 21.3. The molecular weight excluding hydrogens is 430 g/mol. The number of benzene rings is 2. The summed E-state index contributed by atoms with van der Waals surface area (Å²) >= 11 is 0. The number of carbonyl (C=O) groups is 2. The number of aryl methyl sites for hydroxylation is 1. The fourth-order valence-electron chi connectivity index (χ4n) is 3.65. The monoisotopic (exact) mass is 463 g/mol. The van der Waals surface area contributed by atoms with Gasteiger partial charge in [-0.1, -0.05) is 61.2 Å². The first kappa shape index (κ1) is 24.4. The lowest BCUT2D eigenvalue weighted by Crippen LogP contribution is -2.38. The molecule has 2 aromatic carbocycles. The predicted molar refractivity (Wildman–Crippen MR) is 134 cm³/mol. The van der Waals surface area contributed by atoms with Crippen LogP contribution in [0.4, 0.5) is 0 Å². The molecule has 3 aromatic rings. The van der Waals surface area contributed by atoms with Gasteiger partial charge in [-0.3, -0.25) is 14.3 Å². The maximum Gasteiger partial charge on any atom is 0.228 e. The van der Waals surface area contributed by atoms with Gasteiger partial charge >= 0.3 is 0 Å². The number of aromatic nitrogens is 2. The average molecular weight is 464 g/mol. The molecule has 0 aliphatic rings. The highest BCUT2D eigenvalue weighted by atomic mass is 28.3. The van der Waals surface area contributed by atoms with Gasteiger partial charge < -0.3 is 10.1 Å². The third-order valence-electron chi connectivity index (χ3n) is 5.87. The van der Waals surface area contributed by atoms with E-state index in [4.69, 9.17) is 4.74 Å². The minimum atomic E-state index is -1.41. The lowest BCUT2D eigenvalue weighted by molar-refractivity contribution is -0.128. The van der Waals surface area contributed by atoms with E-state index in [1.54, 1.807) is 30.1 Å². The highest BCUT2D eigenvalue weighted by Crippen LogP contribution is 2.22. The predicted octanol–water partition coefficient (Wildman–Crippen LogP) is 3.75. The molecule has 2 atom stereocenters. The summed E-state index contributed by atoms with van der Waals surface area (Å²) in [5, 5.41) is 8.48. The Hall–Kier alpha value is -3.19. The van der Waals surface area contributed by atoms with E-state index in [2.05, 4.69) is 42.2 Å². The van der Waals surface area contributed by atoms with E-state index in [1.807, 2.05) is 44.4 Å². The van der Waals surface area contributed by atoms with Gasteiger partial charge in [-0.2, -0.15) is 5.10 Å². The van der Waals surface area contributed by atoms with E-state index in [9.17, 15) is 9.59 Å². The SMILES string of the molecule is COc1ccc(C(NC(=O)C(C)c2cnn(C)c2)C(=O)Cc2ccc([Si](C)(C)C)cc2)cc1. The first-order chi connectivity index (χ1) is 15.6. The Morgan fingerprint density at radius 3 is 2.18 bits per heavy atom. The van der Waals surface area contributed by atoms with Crippen molar-refractivity contribution in [1.82, 2.24) is 15.1 Å². The van der Waals surface area contributed by atoms with Gasteiger partial charge in [-0.25, -0.2) is 0 Å². The van der Waals surface area contributed by atoms with Crippen molar-refractivity contribution in [2.24, 2.45) is 7.05 Å². The quantitative estimate of drug-likeness (QED) is 0.491. The van der Waals surface area contributed by atoms with Crippen LogP contribution in [0.15, 0.2) is 60.9 Å². The summed E-state index contributed by atoms with van der Waals surface area (Å²) in [4.78, 5) is 26.4. The molecule has 3 rings (SSSR count). The van der Waals surface area contributed by atoms with Crippen molar-refractivity contribution in [2.75, 3.05) is 7.11 Å². The molecule has 1 heterocycles. The number of nitrogens with one attached hydrogen (secondary N) is 1. The number of methoxy groups -OCH3 is 1. The molecule has 33 heavy (non-hydrogen) atoms. The topological polar surface area (TPSA) is 73.2 Å². The van der Waals surface area contributed by atoms with E-state index in [0.717, 1.165) is 16.7 Å². The largest absolute Gasteiger partial charge is 0.497 e. The molecule has 0 spiro atoms. The molecule has 0 aliphatic carbocycles. The lowest BCUT2D eigenvalue weighted by atomic mass is 9.96. The third-order valence-corrected chi connectivity index (χ3v) is 7.94. The molecule has 0 saturated heterocycles. The molecule has 1 aromatic heterocycles. The molecule has 0 radical (unpaired) electrons. The van der Waals surface area contributed by atoms with Gasteiger partial charge in [-0.15, -0.1) is 0 Å². The molecule has 0 bridgehead atoms. The van der Waals surface area contributed by atoms with Crippen molar-refractivity contribution < 1.29 is 14.3 Å². The molecule has 6 nitrogen and oxygen atoms in total. The van der Waals surface area contributed by atoms with Crippen LogP contribution in [0.5, 0.6) is 5.75 Å². The third kappa shape index (κ3) is 6.19. The summed E-state index contributed by atoms with van der Waals surface area (Å²) in [6.45, 7) is 8.71. The van der Waals surface area contributed by atoms with Gasteiger partial charge in [0, 0.05) is 25.2 Å². The number of amides is 1. The van der Waals surface area contributed by atoms with Crippen LogP contribution in [0, 0.1) is 0 Å². The van der Waals surface area contributed by atoms with Crippen LogP contribution in [0.1, 0.15) is 35.6 Å². The maximum atomic E-state index is 13.4. The number of hydrogen-bond acceptors (Lipinski definition) is 4. The number of carbonyl (C=O) groups excluding carboxylic acids is 2. The van der Waals surface area contributed by atoms with Crippen molar-refractivity contribution in [3.63, 3.8) is 0 Å². The number of ketones is 1. The highest BCUT2D eigenvalue weighted by molar-refractivity contribution is 6.88. The number of Topliss-reactive ketones (excluding diaryl/α,β-unsaturated/α-hetero) is 1. The molecule has 7 heteroatoms. The highest BCUT2D eigenvalue weighted by Gasteiger charge is 2.26. The molecule has 174 valence electrons. The number of nitrogens with zero attached hydrogens (tertiary/aromatic N) is 2. The summed E-state index contributed by atoms with van der Waals surface area (Å²) in [5.74, 6) is -0.0101. The molecule has 2 unspecified atom stereocenters. The summed E-state index contributed by atoms with van der Waals surface area (Å²) in [6.07, 6.45) is 3.73. The summed E-state index contributed by atoms with van der Waals surface area (Å²) in [5.41, 5.74) is 2.47. The fraction of sp³-hybridized carbons (Fsp3) is 0.346. The van der Waals surface area contributed by atoms with Gasteiger partial charge in [0.15, 0.2) is 5.78 Å². The van der Waals surface area contributed by atoms with Gasteiger partial charge in [0.05, 0.1) is 27.3 Å². The van der Waals surface area contributed by atoms with E-state index in [-0.39, 0.29) is 18.1 Å². The van der Waals surface area contributed by atoms with E-state index in [0.29, 0.717) is 5.75 Å². The Balaban J connectivity index is 1.82. The van der Waals surface area contributed by atoms with Crippen molar-refractivity contribution >= 4 is 25.0 Å². The van der Waals surface area contributed by atoms with Gasteiger partial charge in [0.25, 0.3) is 0 Å². The van der Waals surface area contributed by atoms with Crippen LogP contribution < -0.4 is 15.2 Å². The van der Waals surface area contributed by atoms with Crippen molar-refractivity contribution in [3.8, 4) is 5.75 Å². The Kier molecular flexibility index (Phi) is 7.53. The van der Waals surface area contributed by atoms with E-state index >= 15 is 0 Å². The van der Waals surface area contributed by atoms with E-state index < -0.39 is 20.0 Å². The van der Waals surface area contributed by atoms with Crippen LogP contribution in [-0.2, 0) is 23.1 Å². The first-order valence-corrected chi connectivity index (χ1v) is 14.6. The molecular formula is C26H33N3O3Si. The number of rotatable bonds is 9. The zero-order valence-electron chi connectivity index (χ0n) is 20.3. The first-order valence-electron chi connectivity index (χ1n) is 11.1.